The van der Waals surface area contributed by atoms with Gasteiger partial charge in [0, 0.05) is 21.1 Å². The van der Waals surface area contributed by atoms with Crippen molar-refractivity contribution in [3.8, 4) is 0 Å². The first-order valence-electron chi connectivity index (χ1n) is 3.61. The Balaban J connectivity index is 2.88. The third-order valence-corrected chi connectivity index (χ3v) is 2.56. The molecule has 0 radical (unpaired) electrons. The minimum atomic E-state index is 0.781. The Morgan fingerprint density at radius 2 is 2.08 bits per heavy atom. The molecule has 0 saturated carbocycles. The zero-order valence-electron chi connectivity index (χ0n) is 6.49. The van der Waals surface area contributed by atoms with Crippen molar-refractivity contribution < 1.29 is 0 Å². The zero-order valence-corrected chi connectivity index (χ0v) is 8.83. The highest BCUT2D eigenvalue weighted by atomic mass is 79.9. The van der Waals surface area contributed by atoms with E-state index in [1.807, 2.05) is 25.1 Å². The second-order valence-electron chi connectivity index (χ2n) is 2.80. The first-order valence-corrected chi connectivity index (χ1v) is 4.78. The molecule has 0 aliphatic heterocycles. The van der Waals surface area contributed by atoms with Gasteiger partial charge in [-0.2, -0.15) is 0 Å². The van der Waals surface area contributed by atoms with E-state index in [1.165, 1.54) is 0 Å². The molecule has 12 heavy (non-hydrogen) atoms. The SMILES string of the molecule is Cc1cc2c(Cl)cc(Br)cc2[nH]1. The van der Waals surface area contributed by atoms with Gasteiger partial charge < -0.3 is 4.98 Å². The van der Waals surface area contributed by atoms with Gasteiger partial charge in [0.05, 0.1) is 5.02 Å². The number of H-pyrrole nitrogens is 1. The van der Waals surface area contributed by atoms with Crippen LogP contribution in [0.25, 0.3) is 10.9 Å². The van der Waals surface area contributed by atoms with Crippen molar-refractivity contribution in [2.45, 2.75) is 6.92 Å². The Hall–Kier alpha value is -0.470. The molecular weight excluding hydrogens is 237 g/mol. The summed E-state index contributed by atoms with van der Waals surface area (Å²) in [6.07, 6.45) is 0. The number of rotatable bonds is 0. The first kappa shape index (κ1) is 8.14. The van der Waals surface area contributed by atoms with Crippen molar-refractivity contribution in [3.63, 3.8) is 0 Å². The average molecular weight is 245 g/mol. The van der Waals surface area contributed by atoms with E-state index >= 15 is 0 Å². The summed E-state index contributed by atoms with van der Waals surface area (Å²) >= 11 is 9.41. The molecule has 2 aromatic rings. The summed E-state index contributed by atoms with van der Waals surface area (Å²) in [5.41, 5.74) is 2.21. The van der Waals surface area contributed by atoms with Gasteiger partial charge in [-0.3, -0.25) is 0 Å². The first-order chi connectivity index (χ1) is 5.66. The Bertz CT molecular complexity index is 433. The quantitative estimate of drug-likeness (QED) is 0.724. The maximum Gasteiger partial charge on any atom is 0.0511 e. The van der Waals surface area contributed by atoms with Gasteiger partial charge in [-0.15, -0.1) is 0 Å². The highest BCUT2D eigenvalue weighted by Crippen LogP contribution is 2.28. The Morgan fingerprint density at radius 3 is 2.83 bits per heavy atom. The van der Waals surface area contributed by atoms with Crippen LogP contribution in [0.2, 0.25) is 5.02 Å². The normalized spacial score (nSPS) is 10.9. The number of aryl methyl sites for hydroxylation is 1. The lowest BCUT2D eigenvalue weighted by molar-refractivity contribution is 1.30. The number of fused-ring (bicyclic) bond motifs is 1. The average Bonchev–Trinajstić information content (AvgIpc) is 2.29. The lowest BCUT2D eigenvalue weighted by Gasteiger charge is -1.94. The van der Waals surface area contributed by atoms with Crippen LogP contribution in [0.15, 0.2) is 22.7 Å². The number of nitrogens with one attached hydrogen (secondary N) is 1. The Kier molecular flexibility index (Phi) is 1.89. The van der Waals surface area contributed by atoms with Crippen LogP contribution in [0.3, 0.4) is 0 Å². The summed E-state index contributed by atoms with van der Waals surface area (Å²) < 4.78 is 1.00. The molecule has 0 bridgehead atoms. The lowest BCUT2D eigenvalue weighted by Crippen LogP contribution is -1.70. The molecule has 1 N–H and O–H groups in total. The largest absolute Gasteiger partial charge is 0.359 e. The minimum absolute atomic E-state index is 0.781. The molecule has 62 valence electrons. The van der Waals surface area contributed by atoms with Crippen molar-refractivity contribution in [1.82, 2.24) is 4.98 Å². The highest BCUT2D eigenvalue weighted by Gasteiger charge is 2.02. The molecule has 0 spiro atoms. The summed E-state index contributed by atoms with van der Waals surface area (Å²) in [7, 11) is 0. The molecular formula is C9H7BrClN. The standard InChI is InChI=1S/C9H7BrClN/c1-5-2-7-8(11)3-6(10)4-9(7)12-5/h2-4,12H,1H3. The van der Waals surface area contributed by atoms with E-state index in [9.17, 15) is 0 Å². The lowest BCUT2D eigenvalue weighted by atomic mass is 10.2. The van der Waals surface area contributed by atoms with Crippen molar-refractivity contribution in [2.75, 3.05) is 0 Å². The third-order valence-electron chi connectivity index (χ3n) is 1.79. The van der Waals surface area contributed by atoms with Crippen LogP contribution in [0.1, 0.15) is 5.69 Å². The summed E-state index contributed by atoms with van der Waals surface area (Å²) in [4.78, 5) is 3.23. The number of aromatic amines is 1. The molecule has 3 heteroatoms. The van der Waals surface area contributed by atoms with Crippen molar-refractivity contribution in [1.29, 1.82) is 0 Å². The molecule has 1 aromatic heterocycles. The van der Waals surface area contributed by atoms with Crippen LogP contribution in [0.5, 0.6) is 0 Å². The summed E-state index contributed by atoms with van der Waals surface area (Å²) in [6, 6.07) is 5.97. The summed E-state index contributed by atoms with van der Waals surface area (Å²) in [5.74, 6) is 0. The van der Waals surface area contributed by atoms with Crippen LogP contribution in [-0.4, -0.2) is 4.98 Å². The van der Waals surface area contributed by atoms with Crippen LogP contribution in [-0.2, 0) is 0 Å². The van der Waals surface area contributed by atoms with Crippen LogP contribution < -0.4 is 0 Å². The molecule has 0 amide bonds. The smallest absolute Gasteiger partial charge is 0.0511 e. The predicted octanol–water partition coefficient (Wildman–Crippen LogP) is 3.89. The summed E-state index contributed by atoms with van der Waals surface area (Å²) in [5, 5.41) is 1.86. The van der Waals surface area contributed by atoms with Gasteiger partial charge in [0.15, 0.2) is 0 Å². The maximum absolute atomic E-state index is 6.03. The molecule has 0 atom stereocenters. The van der Waals surface area contributed by atoms with Gasteiger partial charge >= 0.3 is 0 Å². The van der Waals surface area contributed by atoms with Crippen LogP contribution in [0.4, 0.5) is 0 Å². The van der Waals surface area contributed by atoms with Gasteiger partial charge in [0.2, 0.25) is 0 Å². The van der Waals surface area contributed by atoms with Crippen molar-refractivity contribution >= 4 is 38.4 Å². The molecule has 1 aromatic carbocycles. The monoisotopic (exact) mass is 243 g/mol. The number of benzene rings is 1. The van der Waals surface area contributed by atoms with E-state index in [-0.39, 0.29) is 0 Å². The number of halogens is 2. The van der Waals surface area contributed by atoms with Crippen LogP contribution in [0, 0.1) is 6.92 Å². The second-order valence-corrected chi connectivity index (χ2v) is 4.12. The second kappa shape index (κ2) is 2.79. The van der Waals surface area contributed by atoms with E-state index in [0.29, 0.717) is 0 Å². The van der Waals surface area contributed by atoms with Gasteiger partial charge in [-0.05, 0) is 25.1 Å². The van der Waals surface area contributed by atoms with E-state index in [0.717, 1.165) is 26.1 Å². The molecule has 1 heterocycles. The fourth-order valence-corrected chi connectivity index (χ4v) is 2.16. The van der Waals surface area contributed by atoms with Crippen molar-refractivity contribution in [2.24, 2.45) is 0 Å². The fourth-order valence-electron chi connectivity index (χ4n) is 1.30. The highest BCUT2D eigenvalue weighted by molar-refractivity contribution is 9.10. The molecule has 0 saturated heterocycles. The zero-order chi connectivity index (χ0) is 8.72. The summed E-state index contributed by atoms with van der Waals surface area (Å²) in [6.45, 7) is 2.02. The van der Waals surface area contributed by atoms with E-state index in [2.05, 4.69) is 20.9 Å². The van der Waals surface area contributed by atoms with Gasteiger partial charge in [0.25, 0.3) is 0 Å². The topological polar surface area (TPSA) is 15.8 Å². The van der Waals surface area contributed by atoms with E-state index < -0.39 is 0 Å². The number of hydrogen-bond acceptors (Lipinski definition) is 0. The number of hydrogen-bond donors (Lipinski definition) is 1. The molecule has 0 unspecified atom stereocenters. The van der Waals surface area contributed by atoms with Gasteiger partial charge in [-0.1, -0.05) is 27.5 Å². The molecule has 2 rings (SSSR count). The van der Waals surface area contributed by atoms with E-state index in [1.54, 1.807) is 0 Å². The van der Waals surface area contributed by atoms with E-state index in [4.69, 9.17) is 11.6 Å². The molecule has 0 aliphatic carbocycles. The fraction of sp³-hybridized carbons (Fsp3) is 0.111. The van der Waals surface area contributed by atoms with Gasteiger partial charge in [0.1, 0.15) is 0 Å². The van der Waals surface area contributed by atoms with Gasteiger partial charge in [-0.25, -0.2) is 0 Å². The third kappa shape index (κ3) is 1.25. The molecule has 0 aliphatic rings. The Labute approximate surface area is 83.9 Å². The van der Waals surface area contributed by atoms with Crippen molar-refractivity contribution in [3.05, 3.63) is 33.4 Å². The maximum atomic E-state index is 6.03. The molecule has 1 nitrogen and oxygen atoms in total. The number of aromatic nitrogens is 1. The Morgan fingerprint density at radius 1 is 1.33 bits per heavy atom. The minimum Gasteiger partial charge on any atom is -0.359 e. The van der Waals surface area contributed by atoms with Crippen LogP contribution >= 0.6 is 27.5 Å². The molecule has 0 fully saturated rings. The predicted molar refractivity (Wildman–Crippen MR) is 55.7 cm³/mol.